The Morgan fingerprint density at radius 1 is 1.17 bits per heavy atom. The van der Waals surface area contributed by atoms with Crippen LogP contribution in [0.2, 0.25) is 0 Å². The van der Waals surface area contributed by atoms with Crippen molar-refractivity contribution < 1.29 is 14.6 Å². The largest absolute Gasteiger partial charge is 0.497 e. The van der Waals surface area contributed by atoms with Crippen LogP contribution in [0, 0.1) is 0 Å². The first-order chi connectivity index (χ1) is 11.6. The molecule has 1 aromatic heterocycles. The summed E-state index contributed by atoms with van der Waals surface area (Å²) in [6.45, 7) is 0.384. The standard InChI is InChI=1S/C18H16N2O4/c1-24-14-5-2-12(3-6-14)10-20-11-19-16-7-4-13(9-17(21)22)8-15(16)18(20)23/h2-8,11H,9-10H2,1H3,(H,21,22). The van der Waals surface area contributed by atoms with Gasteiger partial charge in [0, 0.05) is 0 Å². The number of hydrogen-bond donors (Lipinski definition) is 1. The second kappa shape index (κ2) is 6.54. The smallest absolute Gasteiger partial charge is 0.307 e. The number of aromatic nitrogens is 2. The molecule has 1 N–H and O–H groups in total. The molecule has 0 amide bonds. The summed E-state index contributed by atoms with van der Waals surface area (Å²) >= 11 is 0. The molecule has 24 heavy (non-hydrogen) atoms. The molecule has 0 saturated carbocycles. The highest BCUT2D eigenvalue weighted by atomic mass is 16.5. The fraction of sp³-hybridized carbons (Fsp3) is 0.167. The molecule has 0 aliphatic carbocycles. The molecule has 0 saturated heterocycles. The molecule has 6 heteroatoms. The summed E-state index contributed by atoms with van der Waals surface area (Å²) in [5.41, 5.74) is 1.89. The van der Waals surface area contributed by atoms with Gasteiger partial charge >= 0.3 is 5.97 Å². The van der Waals surface area contributed by atoms with Crippen molar-refractivity contribution in [3.05, 3.63) is 70.3 Å². The molecule has 2 aromatic carbocycles. The van der Waals surface area contributed by atoms with E-state index in [1.54, 1.807) is 25.3 Å². The number of hydrogen-bond acceptors (Lipinski definition) is 4. The summed E-state index contributed by atoms with van der Waals surface area (Å²) in [6, 6.07) is 12.4. The van der Waals surface area contributed by atoms with Crippen LogP contribution in [0.25, 0.3) is 10.9 Å². The highest BCUT2D eigenvalue weighted by Crippen LogP contribution is 2.13. The molecular formula is C18H16N2O4. The molecule has 3 aromatic rings. The van der Waals surface area contributed by atoms with Crippen LogP contribution in [0.5, 0.6) is 5.75 Å². The van der Waals surface area contributed by atoms with E-state index in [2.05, 4.69) is 4.98 Å². The van der Waals surface area contributed by atoms with Crippen LogP contribution in [0.4, 0.5) is 0 Å². The Kier molecular flexibility index (Phi) is 4.29. The van der Waals surface area contributed by atoms with Crippen molar-refractivity contribution in [2.45, 2.75) is 13.0 Å². The van der Waals surface area contributed by atoms with E-state index in [0.29, 0.717) is 23.0 Å². The number of carbonyl (C=O) groups is 1. The molecule has 0 bridgehead atoms. The third-order valence-electron chi connectivity index (χ3n) is 3.76. The van der Waals surface area contributed by atoms with E-state index in [1.807, 2.05) is 24.3 Å². The Labute approximate surface area is 138 Å². The minimum Gasteiger partial charge on any atom is -0.497 e. The highest BCUT2D eigenvalue weighted by molar-refractivity contribution is 5.80. The zero-order valence-electron chi connectivity index (χ0n) is 13.1. The van der Waals surface area contributed by atoms with E-state index in [0.717, 1.165) is 11.3 Å². The van der Waals surface area contributed by atoms with Crippen LogP contribution < -0.4 is 10.3 Å². The van der Waals surface area contributed by atoms with E-state index in [-0.39, 0.29) is 12.0 Å². The van der Waals surface area contributed by atoms with Crippen molar-refractivity contribution in [3.63, 3.8) is 0 Å². The van der Waals surface area contributed by atoms with Crippen LogP contribution in [-0.2, 0) is 17.8 Å². The van der Waals surface area contributed by atoms with Gasteiger partial charge in [0.1, 0.15) is 5.75 Å². The normalized spacial score (nSPS) is 10.7. The van der Waals surface area contributed by atoms with Gasteiger partial charge < -0.3 is 9.84 Å². The molecule has 0 spiro atoms. The second-order valence-corrected chi connectivity index (χ2v) is 5.45. The number of benzene rings is 2. The number of aliphatic carboxylic acids is 1. The Hall–Kier alpha value is -3.15. The summed E-state index contributed by atoms with van der Waals surface area (Å²) < 4.78 is 6.63. The van der Waals surface area contributed by atoms with Crippen LogP contribution in [0.3, 0.4) is 0 Å². The van der Waals surface area contributed by atoms with Gasteiger partial charge in [0.25, 0.3) is 5.56 Å². The van der Waals surface area contributed by atoms with Gasteiger partial charge in [-0.1, -0.05) is 18.2 Å². The Morgan fingerprint density at radius 2 is 1.88 bits per heavy atom. The highest BCUT2D eigenvalue weighted by Gasteiger charge is 2.08. The molecule has 0 aliphatic heterocycles. The first-order valence-corrected chi connectivity index (χ1v) is 7.39. The van der Waals surface area contributed by atoms with Gasteiger partial charge in [-0.05, 0) is 35.4 Å². The summed E-state index contributed by atoms with van der Waals surface area (Å²) in [7, 11) is 1.60. The lowest BCUT2D eigenvalue weighted by Crippen LogP contribution is -2.21. The van der Waals surface area contributed by atoms with E-state index in [4.69, 9.17) is 9.84 Å². The minimum atomic E-state index is -0.934. The maximum Gasteiger partial charge on any atom is 0.307 e. The molecule has 0 radical (unpaired) electrons. The second-order valence-electron chi connectivity index (χ2n) is 5.45. The van der Waals surface area contributed by atoms with Gasteiger partial charge in [-0.3, -0.25) is 14.2 Å². The summed E-state index contributed by atoms with van der Waals surface area (Å²) in [6.07, 6.45) is 1.38. The third kappa shape index (κ3) is 3.27. The molecule has 0 unspecified atom stereocenters. The number of nitrogens with zero attached hydrogens (tertiary/aromatic N) is 2. The van der Waals surface area contributed by atoms with Crippen molar-refractivity contribution in [1.29, 1.82) is 0 Å². The van der Waals surface area contributed by atoms with Crippen LogP contribution in [-0.4, -0.2) is 27.7 Å². The fourth-order valence-electron chi connectivity index (χ4n) is 2.53. The van der Waals surface area contributed by atoms with E-state index < -0.39 is 5.97 Å². The van der Waals surface area contributed by atoms with E-state index >= 15 is 0 Å². The van der Waals surface area contributed by atoms with Crippen molar-refractivity contribution in [3.8, 4) is 5.75 Å². The number of methoxy groups -OCH3 is 1. The predicted octanol–water partition coefficient (Wildman–Crippen LogP) is 2.08. The van der Waals surface area contributed by atoms with Gasteiger partial charge in [-0.25, -0.2) is 4.98 Å². The predicted molar refractivity (Wildman–Crippen MR) is 89.4 cm³/mol. The Bertz CT molecular complexity index is 945. The Balaban J connectivity index is 1.97. The third-order valence-corrected chi connectivity index (χ3v) is 3.76. The quantitative estimate of drug-likeness (QED) is 0.777. The Morgan fingerprint density at radius 3 is 2.54 bits per heavy atom. The lowest BCUT2D eigenvalue weighted by molar-refractivity contribution is -0.136. The van der Waals surface area contributed by atoms with E-state index in [9.17, 15) is 9.59 Å². The first-order valence-electron chi connectivity index (χ1n) is 7.39. The maximum atomic E-state index is 12.6. The molecular weight excluding hydrogens is 308 g/mol. The number of rotatable bonds is 5. The lowest BCUT2D eigenvalue weighted by atomic mass is 10.1. The van der Waals surface area contributed by atoms with Crippen molar-refractivity contribution in [1.82, 2.24) is 9.55 Å². The molecule has 122 valence electrons. The average molecular weight is 324 g/mol. The van der Waals surface area contributed by atoms with Gasteiger partial charge in [-0.15, -0.1) is 0 Å². The zero-order valence-corrected chi connectivity index (χ0v) is 13.1. The molecule has 3 rings (SSSR count). The number of carboxylic acids is 1. The topological polar surface area (TPSA) is 81.4 Å². The SMILES string of the molecule is COc1ccc(Cn2cnc3ccc(CC(=O)O)cc3c2=O)cc1. The summed E-state index contributed by atoms with van der Waals surface area (Å²) in [5.74, 6) is -0.183. The zero-order chi connectivity index (χ0) is 17.1. The molecule has 0 atom stereocenters. The van der Waals surface area contributed by atoms with Crippen molar-refractivity contribution in [2.24, 2.45) is 0 Å². The van der Waals surface area contributed by atoms with Gasteiger partial charge in [-0.2, -0.15) is 0 Å². The van der Waals surface area contributed by atoms with Crippen LogP contribution >= 0.6 is 0 Å². The lowest BCUT2D eigenvalue weighted by Gasteiger charge is -2.08. The van der Waals surface area contributed by atoms with Crippen molar-refractivity contribution >= 4 is 16.9 Å². The number of fused-ring (bicyclic) bond motifs is 1. The maximum absolute atomic E-state index is 12.6. The van der Waals surface area contributed by atoms with Crippen LogP contribution in [0.1, 0.15) is 11.1 Å². The fourth-order valence-corrected chi connectivity index (χ4v) is 2.53. The molecule has 0 aliphatic rings. The summed E-state index contributed by atoms with van der Waals surface area (Å²) in [4.78, 5) is 27.8. The molecule has 1 heterocycles. The van der Waals surface area contributed by atoms with Gasteiger partial charge in [0.15, 0.2) is 0 Å². The summed E-state index contributed by atoms with van der Waals surface area (Å²) in [5, 5.41) is 9.31. The number of ether oxygens (including phenoxy) is 1. The first kappa shape index (κ1) is 15.7. The van der Waals surface area contributed by atoms with Crippen molar-refractivity contribution in [2.75, 3.05) is 7.11 Å². The monoisotopic (exact) mass is 324 g/mol. The number of carboxylic acid groups (broad SMARTS) is 1. The molecule has 0 fully saturated rings. The van der Waals surface area contributed by atoms with Gasteiger partial charge in [0.05, 0.1) is 37.3 Å². The molecule has 6 nitrogen and oxygen atoms in total. The minimum absolute atomic E-state index is 0.122. The van der Waals surface area contributed by atoms with E-state index in [1.165, 1.54) is 10.9 Å². The van der Waals surface area contributed by atoms with Gasteiger partial charge in [0.2, 0.25) is 0 Å². The average Bonchev–Trinajstić information content (AvgIpc) is 2.58. The van der Waals surface area contributed by atoms with Crippen LogP contribution in [0.15, 0.2) is 53.6 Å².